The molecule has 0 aliphatic carbocycles. The monoisotopic (exact) mass is 330 g/mol. The molecular weight excluding hydrogens is 307 g/mol. The molecule has 24 heavy (non-hydrogen) atoms. The van der Waals surface area contributed by atoms with E-state index in [1.807, 2.05) is 25.5 Å². The van der Waals surface area contributed by atoms with Crippen molar-refractivity contribution in [3.63, 3.8) is 0 Å². The quantitative estimate of drug-likeness (QED) is 0.909. The predicted octanol–water partition coefficient (Wildman–Crippen LogP) is 3.17. The number of amides is 1. The van der Waals surface area contributed by atoms with Gasteiger partial charge in [-0.1, -0.05) is 32.9 Å². The van der Waals surface area contributed by atoms with E-state index in [0.29, 0.717) is 18.8 Å². The minimum atomic E-state index is -0.281. The Morgan fingerprint density at radius 1 is 1.33 bits per heavy atom. The molecule has 1 aromatic carbocycles. The lowest BCUT2D eigenvalue weighted by Crippen LogP contribution is -2.28. The van der Waals surface area contributed by atoms with Gasteiger partial charge in [-0.05, 0) is 23.1 Å². The summed E-state index contributed by atoms with van der Waals surface area (Å²) in [5.74, 6) is 0.208. The summed E-state index contributed by atoms with van der Waals surface area (Å²) in [5.41, 5.74) is 2.64. The summed E-state index contributed by atoms with van der Waals surface area (Å²) < 4.78 is 15.2. The zero-order chi connectivity index (χ0) is 17.3. The van der Waals surface area contributed by atoms with Gasteiger partial charge in [0.15, 0.2) is 5.82 Å². The van der Waals surface area contributed by atoms with E-state index in [-0.39, 0.29) is 17.1 Å². The van der Waals surface area contributed by atoms with Gasteiger partial charge in [-0.2, -0.15) is 5.10 Å². The van der Waals surface area contributed by atoms with Crippen LogP contribution in [0.25, 0.3) is 11.1 Å². The number of benzene rings is 1. The minimum Gasteiger partial charge on any atom is -0.309 e. The third-order valence-corrected chi connectivity index (χ3v) is 3.93. The highest BCUT2D eigenvalue weighted by Gasteiger charge is 2.24. The summed E-state index contributed by atoms with van der Waals surface area (Å²) >= 11 is 0. The number of anilines is 1. The average Bonchev–Trinajstić information content (AvgIpc) is 2.84. The number of carbonyl (C=O) groups is 1. The summed E-state index contributed by atoms with van der Waals surface area (Å²) in [4.78, 5) is 12.3. The summed E-state index contributed by atoms with van der Waals surface area (Å²) in [6.45, 7) is 8.33. The van der Waals surface area contributed by atoms with E-state index in [1.165, 1.54) is 12.1 Å². The molecule has 3 rings (SSSR count). The second-order valence-corrected chi connectivity index (χ2v) is 7.36. The standard InChI is InChI=1S/C18H23FN4O/c1-18(2,3)10-15(24)21-17-16(12-4-6-13(19)7-5-12)14-11-20-8-9-23(14)22-17/h4-7,20H,8-11H2,1-3H3,(H,21,22,24). The first-order valence-electron chi connectivity index (χ1n) is 8.20. The Balaban J connectivity index is 1.98. The number of carbonyl (C=O) groups excluding carboxylic acids is 1. The number of halogens is 1. The van der Waals surface area contributed by atoms with Crippen molar-refractivity contribution < 1.29 is 9.18 Å². The smallest absolute Gasteiger partial charge is 0.226 e. The molecule has 1 aromatic heterocycles. The van der Waals surface area contributed by atoms with E-state index in [1.54, 1.807) is 12.1 Å². The van der Waals surface area contributed by atoms with Crippen LogP contribution in [0.2, 0.25) is 0 Å². The highest BCUT2D eigenvalue weighted by Crippen LogP contribution is 2.33. The largest absolute Gasteiger partial charge is 0.309 e. The van der Waals surface area contributed by atoms with E-state index in [0.717, 1.165) is 29.9 Å². The van der Waals surface area contributed by atoms with Crippen LogP contribution in [-0.2, 0) is 17.9 Å². The Labute approximate surface area is 141 Å². The first kappa shape index (κ1) is 16.6. The molecule has 0 saturated heterocycles. The molecule has 1 aliphatic heterocycles. The van der Waals surface area contributed by atoms with E-state index >= 15 is 0 Å². The summed E-state index contributed by atoms with van der Waals surface area (Å²) in [7, 11) is 0. The minimum absolute atomic E-state index is 0.0609. The van der Waals surface area contributed by atoms with E-state index in [9.17, 15) is 9.18 Å². The molecule has 1 aliphatic rings. The number of fused-ring (bicyclic) bond motifs is 1. The highest BCUT2D eigenvalue weighted by atomic mass is 19.1. The van der Waals surface area contributed by atoms with Crippen molar-refractivity contribution in [2.45, 2.75) is 40.3 Å². The topological polar surface area (TPSA) is 59.0 Å². The second kappa shape index (κ2) is 6.36. The molecule has 128 valence electrons. The summed E-state index contributed by atoms with van der Waals surface area (Å²) in [6.07, 6.45) is 0.413. The van der Waals surface area contributed by atoms with Crippen LogP contribution in [0.4, 0.5) is 10.2 Å². The van der Waals surface area contributed by atoms with Crippen molar-refractivity contribution in [3.05, 3.63) is 35.8 Å². The average molecular weight is 330 g/mol. The predicted molar refractivity (Wildman–Crippen MR) is 92.0 cm³/mol. The molecule has 2 aromatic rings. The van der Waals surface area contributed by atoms with Gasteiger partial charge in [0.2, 0.25) is 5.91 Å². The molecular formula is C18H23FN4O. The van der Waals surface area contributed by atoms with Crippen LogP contribution >= 0.6 is 0 Å². The van der Waals surface area contributed by atoms with Crippen molar-refractivity contribution >= 4 is 11.7 Å². The molecule has 0 saturated carbocycles. The van der Waals surface area contributed by atoms with Gasteiger partial charge in [-0.3, -0.25) is 9.48 Å². The molecule has 0 radical (unpaired) electrons. The fraction of sp³-hybridized carbons (Fsp3) is 0.444. The third-order valence-electron chi connectivity index (χ3n) is 3.93. The number of hydrogen-bond acceptors (Lipinski definition) is 3. The SMILES string of the molecule is CC(C)(C)CC(=O)Nc1nn2c(c1-c1ccc(F)cc1)CNCC2. The molecule has 0 unspecified atom stereocenters. The van der Waals surface area contributed by atoms with Crippen LogP contribution in [0.3, 0.4) is 0 Å². The Kier molecular flexibility index (Phi) is 4.41. The van der Waals surface area contributed by atoms with Crippen LogP contribution in [-0.4, -0.2) is 22.2 Å². The van der Waals surface area contributed by atoms with E-state index in [4.69, 9.17) is 0 Å². The fourth-order valence-electron chi connectivity index (χ4n) is 2.92. The van der Waals surface area contributed by atoms with Gasteiger partial charge < -0.3 is 10.6 Å². The van der Waals surface area contributed by atoms with Crippen LogP contribution in [0.1, 0.15) is 32.9 Å². The lowest BCUT2D eigenvalue weighted by molar-refractivity contribution is -0.117. The van der Waals surface area contributed by atoms with E-state index < -0.39 is 0 Å². The Morgan fingerprint density at radius 3 is 2.71 bits per heavy atom. The van der Waals surface area contributed by atoms with Crippen molar-refractivity contribution in [1.29, 1.82) is 0 Å². The van der Waals surface area contributed by atoms with Gasteiger partial charge in [0.25, 0.3) is 0 Å². The van der Waals surface area contributed by atoms with Gasteiger partial charge in [0, 0.05) is 25.1 Å². The zero-order valence-corrected chi connectivity index (χ0v) is 14.3. The van der Waals surface area contributed by atoms with Crippen LogP contribution in [0, 0.1) is 11.2 Å². The highest BCUT2D eigenvalue weighted by molar-refractivity contribution is 5.95. The van der Waals surface area contributed by atoms with Crippen molar-refractivity contribution in [1.82, 2.24) is 15.1 Å². The summed E-state index contributed by atoms with van der Waals surface area (Å²) in [5, 5.41) is 10.8. The zero-order valence-electron chi connectivity index (χ0n) is 14.3. The van der Waals surface area contributed by atoms with Gasteiger partial charge in [0.1, 0.15) is 5.82 Å². The first-order chi connectivity index (χ1) is 11.3. The van der Waals surface area contributed by atoms with Gasteiger partial charge in [-0.25, -0.2) is 4.39 Å². The van der Waals surface area contributed by atoms with Crippen molar-refractivity contribution in [3.8, 4) is 11.1 Å². The fourth-order valence-corrected chi connectivity index (χ4v) is 2.92. The molecule has 5 nitrogen and oxygen atoms in total. The number of nitrogens with zero attached hydrogens (tertiary/aromatic N) is 2. The maximum atomic E-state index is 13.3. The maximum Gasteiger partial charge on any atom is 0.226 e. The molecule has 1 amide bonds. The number of hydrogen-bond donors (Lipinski definition) is 2. The van der Waals surface area contributed by atoms with Crippen LogP contribution in [0.15, 0.2) is 24.3 Å². The molecule has 6 heteroatoms. The Hall–Kier alpha value is -2.21. The third kappa shape index (κ3) is 3.64. The number of aromatic nitrogens is 2. The molecule has 2 N–H and O–H groups in total. The van der Waals surface area contributed by atoms with Crippen LogP contribution in [0.5, 0.6) is 0 Å². The second-order valence-electron chi connectivity index (χ2n) is 7.36. The lowest BCUT2D eigenvalue weighted by atomic mass is 9.92. The van der Waals surface area contributed by atoms with Gasteiger partial charge >= 0.3 is 0 Å². The number of nitrogens with one attached hydrogen (secondary N) is 2. The molecule has 0 atom stereocenters. The van der Waals surface area contributed by atoms with Crippen molar-refractivity contribution in [2.75, 3.05) is 11.9 Å². The number of rotatable bonds is 3. The molecule has 0 bridgehead atoms. The molecule has 0 spiro atoms. The normalized spacial score (nSPS) is 14.3. The van der Waals surface area contributed by atoms with Crippen molar-refractivity contribution in [2.24, 2.45) is 5.41 Å². The Bertz CT molecular complexity index is 744. The summed E-state index contributed by atoms with van der Waals surface area (Å²) in [6, 6.07) is 6.30. The lowest BCUT2D eigenvalue weighted by Gasteiger charge is -2.17. The Morgan fingerprint density at radius 2 is 2.04 bits per heavy atom. The van der Waals surface area contributed by atoms with Crippen LogP contribution < -0.4 is 10.6 Å². The van der Waals surface area contributed by atoms with Gasteiger partial charge in [0.05, 0.1) is 12.2 Å². The van der Waals surface area contributed by atoms with E-state index in [2.05, 4.69) is 15.7 Å². The maximum absolute atomic E-state index is 13.3. The molecule has 2 heterocycles. The molecule has 0 fully saturated rings. The first-order valence-corrected chi connectivity index (χ1v) is 8.20. The van der Waals surface area contributed by atoms with Gasteiger partial charge in [-0.15, -0.1) is 0 Å².